The van der Waals surface area contributed by atoms with Gasteiger partial charge in [-0.2, -0.15) is 9.50 Å². The number of hydrogen-bond acceptors (Lipinski definition) is 5. The number of carboxylic acid groups (broad SMARTS) is 1. The fraction of sp³-hybridized carbons (Fsp3) is 0. The number of pyridine rings is 1. The summed E-state index contributed by atoms with van der Waals surface area (Å²) in [5, 5.41) is 12.8. The summed E-state index contributed by atoms with van der Waals surface area (Å²) in [6.45, 7) is 0. The van der Waals surface area contributed by atoms with Gasteiger partial charge in [-0.3, -0.25) is 4.98 Å². The quantitative estimate of drug-likeness (QED) is 0.716. The summed E-state index contributed by atoms with van der Waals surface area (Å²) >= 11 is 0. The normalized spacial score (nSPS) is 10.7. The van der Waals surface area contributed by atoms with Crippen LogP contribution in [0.15, 0.2) is 36.8 Å². The summed E-state index contributed by atoms with van der Waals surface area (Å²) in [6, 6.07) is 5.34. The van der Waals surface area contributed by atoms with Gasteiger partial charge in [-0.05, 0) is 18.2 Å². The second-order valence-electron chi connectivity index (χ2n) is 3.52. The molecule has 0 fully saturated rings. The van der Waals surface area contributed by atoms with E-state index in [1.165, 1.54) is 4.52 Å². The third-order valence-corrected chi connectivity index (χ3v) is 2.41. The highest BCUT2D eigenvalue weighted by Gasteiger charge is 2.14. The smallest absolute Gasteiger partial charge is 0.375 e. The van der Waals surface area contributed by atoms with Crippen molar-refractivity contribution >= 4 is 11.7 Å². The molecule has 88 valence electrons. The van der Waals surface area contributed by atoms with E-state index < -0.39 is 5.97 Å². The van der Waals surface area contributed by atoms with Gasteiger partial charge in [0.1, 0.15) is 0 Å². The van der Waals surface area contributed by atoms with E-state index in [9.17, 15) is 4.79 Å². The number of nitrogens with zero attached hydrogens (tertiary/aromatic N) is 5. The maximum atomic E-state index is 10.8. The molecule has 3 heterocycles. The number of rotatable bonds is 2. The molecule has 0 aliphatic heterocycles. The van der Waals surface area contributed by atoms with Crippen LogP contribution in [0.25, 0.3) is 17.0 Å². The molecule has 0 atom stereocenters. The molecule has 0 aliphatic carbocycles. The Morgan fingerprint density at radius 1 is 1.17 bits per heavy atom. The van der Waals surface area contributed by atoms with Crippen LogP contribution >= 0.6 is 0 Å². The van der Waals surface area contributed by atoms with E-state index in [1.54, 1.807) is 36.8 Å². The summed E-state index contributed by atoms with van der Waals surface area (Å²) in [4.78, 5) is 22.6. The Morgan fingerprint density at radius 2 is 1.94 bits per heavy atom. The van der Waals surface area contributed by atoms with Crippen LogP contribution in [-0.4, -0.2) is 35.6 Å². The molecule has 3 rings (SSSR count). The van der Waals surface area contributed by atoms with Crippen molar-refractivity contribution in [3.05, 3.63) is 42.6 Å². The van der Waals surface area contributed by atoms with Crippen LogP contribution in [-0.2, 0) is 0 Å². The highest BCUT2D eigenvalue weighted by Crippen LogP contribution is 2.17. The second kappa shape index (κ2) is 3.88. The van der Waals surface area contributed by atoms with E-state index in [1.807, 2.05) is 0 Å². The van der Waals surface area contributed by atoms with Crippen molar-refractivity contribution in [3.63, 3.8) is 0 Å². The van der Waals surface area contributed by atoms with Gasteiger partial charge >= 0.3 is 5.97 Å². The zero-order chi connectivity index (χ0) is 12.5. The first-order valence-electron chi connectivity index (χ1n) is 5.11. The molecule has 7 heteroatoms. The molecule has 0 aromatic carbocycles. The van der Waals surface area contributed by atoms with Gasteiger partial charge in [0.15, 0.2) is 0 Å². The minimum absolute atomic E-state index is 0.252. The Kier molecular flexibility index (Phi) is 2.23. The molecule has 0 amide bonds. The van der Waals surface area contributed by atoms with E-state index >= 15 is 0 Å². The molecule has 0 radical (unpaired) electrons. The maximum Gasteiger partial charge on any atom is 0.375 e. The summed E-state index contributed by atoms with van der Waals surface area (Å²) in [5.41, 5.74) is 1.57. The Morgan fingerprint density at radius 3 is 2.67 bits per heavy atom. The molecule has 3 aromatic heterocycles. The Balaban J connectivity index is 2.27. The van der Waals surface area contributed by atoms with Crippen LogP contribution in [0, 0.1) is 0 Å². The predicted octanol–water partition coefficient (Wildman–Crippen LogP) is 0.884. The molecule has 1 N–H and O–H groups in total. The third-order valence-electron chi connectivity index (χ3n) is 2.41. The number of hydrogen-bond donors (Lipinski definition) is 1. The number of aromatic nitrogens is 5. The van der Waals surface area contributed by atoms with Gasteiger partial charge in [-0.1, -0.05) is 0 Å². The summed E-state index contributed by atoms with van der Waals surface area (Å²) < 4.78 is 1.40. The van der Waals surface area contributed by atoms with Gasteiger partial charge in [0.2, 0.25) is 0 Å². The van der Waals surface area contributed by atoms with Crippen LogP contribution in [0.5, 0.6) is 0 Å². The number of carboxylic acids is 1. The highest BCUT2D eigenvalue weighted by atomic mass is 16.4. The Hall–Kier alpha value is -2.83. The van der Waals surface area contributed by atoms with E-state index in [2.05, 4.69) is 20.1 Å². The molecule has 3 aromatic rings. The maximum absolute atomic E-state index is 10.8. The third kappa shape index (κ3) is 1.58. The lowest BCUT2D eigenvalue weighted by Crippen LogP contribution is -2.00. The van der Waals surface area contributed by atoms with Crippen molar-refractivity contribution in [1.29, 1.82) is 0 Å². The van der Waals surface area contributed by atoms with Crippen molar-refractivity contribution in [2.45, 2.75) is 0 Å². The lowest BCUT2D eigenvalue weighted by atomic mass is 10.2. The van der Waals surface area contributed by atoms with Crippen molar-refractivity contribution < 1.29 is 9.90 Å². The Bertz CT molecular complexity index is 723. The van der Waals surface area contributed by atoms with Gasteiger partial charge in [0.25, 0.3) is 11.6 Å². The lowest BCUT2D eigenvalue weighted by Gasteiger charge is -2.01. The average molecular weight is 241 g/mol. The van der Waals surface area contributed by atoms with E-state index in [0.717, 1.165) is 5.56 Å². The van der Waals surface area contributed by atoms with Gasteiger partial charge in [-0.25, -0.2) is 9.78 Å². The zero-order valence-electron chi connectivity index (χ0n) is 9.06. The van der Waals surface area contributed by atoms with Gasteiger partial charge in [0, 0.05) is 24.2 Å². The molecule has 18 heavy (non-hydrogen) atoms. The first-order chi connectivity index (χ1) is 8.75. The minimum atomic E-state index is -1.18. The monoisotopic (exact) mass is 241 g/mol. The molecule has 0 saturated heterocycles. The second-order valence-corrected chi connectivity index (χ2v) is 3.52. The summed E-state index contributed by atoms with van der Waals surface area (Å²) in [6.07, 6.45) is 4.86. The topological polar surface area (TPSA) is 93.3 Å². The standard InChI is InChI=1S/C11H7N5O2/c17-10(18)9-14-11-13-6-3-8(16(11)15-9)7-1-4-12-5-2-7/h1-6H,(H,17,18). The van der Waals surface area contributed by atoms with Gasteiger partial charge in [0.05, 0.1) is 5.69 Å². The largest absolute Gasteiger partial charge is 0.475 e. The van der Waals surface area contributed by atoms with E-state index in [-0.39, 0.29) is 11.6 Å². The van der Waals surface area contributed by atoms with Crippen LogP contribution in [0.2, 0.25) is 0 Å². The lowest BCUT2D eigenvalue weighted by molar-refractivity contribution is 0.0684. The first kappa shape index (κ1) is 10.3. The van der Waals surface area contributed by atoms with Gasteiger partial charge < -0.3 is 5.11 Å². The summed E-state index contributed by atoms with van der Waals surface area (Å²) in [7, 11) is 0. The van der Waals surface area contributed by atoms with Crippen molar-refractivity contribution in [2.75, 3.05) is 0 Å². The van der Waals surface area contributed by atoms with E-state index in [4.69, 9.17) is 5.11 Å². The van der Waals surface area contributed by atoms with E-state index in [0.29, 0.717) is 5.69 Å². The minimum Gasteiger partial charge on any atom is -0.475 e. The molecular formula is C11H7N5O2. The Labute approximate surface area is 101 Å². The van der Waals surface area contributed by atoms with Crippen LogP contribution < -0.4 is 0 Å². The fourth-order valence-corrected chi connectivity index (χ4v) is 1.63. The molecule has 0 saturated carbocycles. The molecule has 0 unspecified atom stereocenters. The van der Waals surface area contributed by atoms with Gasteiger partial charge in [-0.15, -0.1) is 5.10 Å². The predicted molar refractivity (Wildman–Crippen MR) is 61.0 cm³/mol. The van der Waals surface area contributed by atoms with Crippen molar-refractivity contribution in [2.24, 2.45) is 0 Å². The van der Waals surface area contributed by atoms with Crippen LogP contribution in [0.1, 0.15) is 10.6 Å². The molecule has 7 nitrogen and oxygen atoms in total. The zero-order valence-corrected chi connectivity index (χ0v) is 9.06. The van der Waals surface area contributed by atoms with Crippen molar-refractivity contribution in [3.8, 4) is 11.3 Å². The number of aromatic carboxylic acids is 1. The number of carbonyl (C=O) groups is 1. The van der Waals surface area contributed by atoms with Crippen LogP contribution in [0.4, 0.5) is 0 Å². The summed E-state index contributed by atoms with van der Waals surface area (Å²) in [5.74, 6) is -1.20. The molecular weight excluding hydrogens is 234 g/mol. The molecule has 0 bridgehead atoms. The average Bonchev–Trinajstić information content (AvgIpc) is 2.83. The highest BCUT2D eigenvalue weighted by molar-refractivity contribution is 5.83. The van der Waals surface area contributed by atoms with Crippen LogP contribution in [0.3, 0.4) is 0 Å². The first-order valence-corrected chi connectivity index (χ1v) is 5.11. The van der Waals surface area contributed by atoms with Crippen molar-refractivity contribution in [1.82, 2.24) is 24.6 Å². The fourth-order valence-electron chi connectivity index (χ4n) is 1.63. The SMILES string of the molecule is O=C(O)c1nc2nccc(-c3ccncc3)n2n1. The number of fused-ring (bicyclic) bond motifs is 1. The molecule has 0 aliphatic rings. The molecule has 0 spiro atoms.